The summed E-state index contributed by atoms with van der Waals surface area (Å²) in [5.74, 6) is 1.08. The molecule has 23 heavy (non-hydrogen) atoms. The van der Waals surface area contributed by atoms with Gasteiger partial charge in [0.2, 0.25) is 0 Å². The number of hydrogen-bond acceptors (Lipinski definition) is 4. The molecule has 1 aliphatic carbocycles. The van der Waals surface area contributed by atoms with Crippen molar-refractivity contribution in [1.29, 1.82) is 0 Å². The van der Waals surface area contributed by atoms with Gasteiger partial charge < -0.3 is 15.0 Å². The van der Waals surface area contributed by atoms with Crippen LogP contribution in [-0.2, 0) is 9.53 Å². The summed E-state index contributed by atoms with van der Waals surface area (Å²) in [4.78, 5) is 16.9. The summed E-state index contributed by atoms with van der Waals surface area (Å²) in [6.07, 6.45) is 6.79. The molecule has 1 unspecified atom stereocenters. The molecule has 1 N–H and O–H groups in total. The summed E-state index contributed by atoms with van der Waals surface area (Å²) in [5, 5.41) is 3.23. The number of nitrogens with one attached hydrogen (secondary N) is 1. The molecule has 3 fully saturated rings. The van der Waals surface area contributed by atoms with Crippen molar-refractivity contribution in [3.8, 4) is 0 Å². The lowest BCUT2D eigenvalue weighted by molar-refractivity contribution is -0.147. The third kappa shape index (κ3) is 6.05. The third-order valence-electron chi connectivity index (χ3n) is 5.13. The maximum absolute atomic E-state index is 12.4. The molecule has 0 aromatic carbocycles. The summed E-state index contributed by atoms with van der Waals surface area (Å²) in [7, 11) is 0. The summed E-state index contributed by atoms with van der Waals surface area (Å²) in [5.41, 5.74) is 0. The second-order valence-electron chi connectivity index (χ2n) is 6.69. The third-order valence-corrected chi connectivity index (χ3v) is 5.13. The smallest absolute Gasteiger partial charge is 0.253 e. The molecule has 0 bridgehead atoms. The van der Waals surface area contributed by atoms with Gasteiger partial charge in [0.05, 0.1) is 6.61 Å². The van der Waals surface area contributed by atoms with Crippen LogP contribution < -0.4 is 5.32 Å². The van der Waals surface area contributed by atoms with Crippen molar-refractivity contribution in [1.82, 2.24) is 15.1 Å². The molecule has 0 spiro atoms. The molecule has 2 saturated heterocycles. The average Bonchev–Trinajstić information content (AvgIpc) is 2.57. The van der Waals surface area contributed by atoms with E-state index < -0.39 is 0 Å². The van der Waals surface area contributed by atoms with Crippen molar-refractivity contribution in [2.45, 2.75) is 38.2 Å². The van der Waals surface area contributed by atoms with Gasteiger partial charge in [0.25, 0.3) is 5.91 Å². The first-order chi connectivity index (χ1) is 10.3. The Morgan fingerprint density at radius 3 is 2.35 bits per heavy atom. The van der Waals surface area contributed by atoms with E-state index >= 15 is 0 Å². The molecular weight excluding hydrogens is 337 g/mol. The predicted molar refractivity (Wildman–Crippen MR) is 96.7 cm³/mol. The molecule has 0 aromatic heterocycles. The SMILES string of the molecule is Cl.Cl.O=C(C1CNCCO1)N1CCN(CC2CCCCC2)CC1. The second-order valence-corrected chi connectivity index (χ2v) is 6.69. The van der Waals surface area contributed by atoms with E-state index in [9.17, 15) is 4.79 Å². The molecule has 1 saturated carbocycles. The number of carbonyl (C=O) groups excluding carboxylic acids is 1. The maximum Gasteiger partial charge on any atom is 0.253 e. The van der Waals surface area contributed by atoms with Crippen LogP contribution in [0.2, 0.25) is 0 Å². The average molecular weight is 368 g/mol. The van der Waals surface area contributed by atoms with Gasteiger partial charge in [-0.3, -0.25) is 9.69 Å². The number of halogens is 2. The Balaban J connectivity index is 0.00000132. The minimum atomic E-state index is -0.261. The quantitative estimate of drug-likeness (QED) is 0.821. The highest BCUT2D eigenvalue weighted by atomic mass is 35.5. The molecule has 0 radical (unpaired) electrons. The lowest BCUT2D eigenvalue weighted by atomic mass is 9.89. The fourth-order valence-electron chi connectivity index (χ4n) is 3.81. The van der Waals surface area contributed by atoms with E-state index in [0.717, 1.165) is 38.6 Å². The minimum Gasteiger partial charge on any atom is -0.366 e. The highest BCUT2D eigenvalue weighted by Gasteiger charge is 2.29. The van der Waals surface area contributed by atoms with Gasteiger partial charge in [0.15, 0.2) is 0 Å². The number of nitrogens with zero attached hydrogens (tertiary/aromatic N) is 2. The lowest BCUT2D eigenvalue weighted by Gasteiger charge is -2.38. The van der Waals surface area contributed by atoms with Gasteiger partial charge in [-0.25, -0.2) is 0 Å². The van der Waals surface area contributed by atoms with Crippen LogP contribution in [0.5, 0.6) is 0 Å². The first-order valence-corrected chi connectivity index (χ1v) is 8.66. The van der Waals surface area contributed by atoms with Crippen molar-refractivity contribution in [2.75, 3.05) is 52.4 Å². The zero-order chi connectivity index (χ0) is 14.5. The normalized spacial score (nSPS) is 27.0. The van der Waals surface area contributed by atoms with E-state index in [2.05, 4.69) is 10.2 Å². The van der Waals surface area contributed by atoms with E-state index in [1.54, 1.807) is 0 Å². The Bertz CT molecular complexity index is 340. The molecule has 3 aliphatic rings. The molecule has 0 aromatic rings. The van der Waals surface area contributed by atoms with Crippen LogP contribution >= 0.6 is 24.8 Å². The van der Waals surface area contributed by atoms with Crippen LogP contribution in [0.15, 0.2) is 0 Å². The van der Waals surface area contributed by atoms with Gasteiger partial charge in [-0.05, 0) is 18.8 Å². The van der Waals surface area contributed by atoms with E-state index in [0.29, 0.717) is 13.2 Å². The number of ether oxygens (including phenoxy) is 1. The summed E-state index contributed by atoms with van der Waals surface area (Å²) < 4.78 is 5.57. The van der Waals surface area contributed by atoms with Crippen molar-refractivity contribution >= 4 is 30.7 Å². The van der Waals surface area contributed by atoms with E-state index in [1.807, 2.05) is 4.90 Å². The molecular formula is C16H31Cl2N3O2. The molecule has 5 nitrogen and oxygen atoms in total. The first kappa shape index (κ1) is 21.0. The zero-order valence-electron chi connectivity index (χ0n) is 13.9. The fraction of sp³-hybridized carbons (Fsp3) is 0.938. The Hall–Kier alpha value is -0.0700. The van der Waals surface area contributed by atoms with Crippen LogP contribution in [-0.4, -0.2) is 74.2 Å². The van der Waals surface area contributed by atoms with Crippen LogP contribution in [0, 0.1) is 5.92 Å². The lowest BCUT2D eigenvalue weighted by Crippen LogP contribution is -2.55. The number of piperazine rings is 1. The minimum absolute atomic E-state index is 0. The fourth-order valence-corrected chi connectivity index (χ4v) is 3.81. The number of rotatable bonds is 3. The van der Waals surface area contributed by atoms with Crippen LogP contribution in [0.1, 0.15) is 32.1 Å². The van der Waals surface area contributed by atoms with Gasteiger partial charge in [0.1, 0.15) is 6.10 Å². The maximum atomic E-state index is 12.4. The van der Waals surface area contributed by atoms with Gasteiger partial charge in [0, 0.05) is 45.8 Å². The van der Waals surface area contributed by atoms with E-state index in [-0.39, 0.29) is 36.8 Å². The highest BCUT2D eigenvalue weighted by Crippen LogP contribution is 2.24. The summed E-state index contributed by atoms with van der Waals surface area (Å²) in [6, 6.07) is 0. The van der Waals surface area contributed by atoms with Crippen molar-refractivity contribution in [3.63, 3.8) is 0 Å². The summed E-state index contributed by atoms with van der Waals surface area (Å²) >= 11 is 0. The van der Waals surface area contributed by atoms with Gasteiger partial charge in [-0.2, -0.15) is 0 Å². The predicted octanol–water partition coefficient (Wildman–Crippen LogP) is 1.54. The Labute approximate surface area is 152 Å². The topological polar surface area (TPSA) is 44.8 Å². The number of carbonyl (C=O) groups is 1. The number of amides is 1. The molecule has 7 heteroatoms. The number of morpholine rings is 1. The van der Waals surface area contributed by atoms with Crippen LogP contribution in [0.4, 0.5) is 0 Å². The summed E-state index contributed by atoms with van der Waals surface area (Å²) in [6.45, 7) is 7.21. The van der Waals surface area contributed by atoms with Crippen LogP contribution in [0.25, 0.3) is 0 Å². The Morgan fingerprint density at radius 2 is 1.74 bits per heavy atom. The molecule has 2 heterocycles. The van der Waals surface area contributed by atoms with Crippen molar-refractivity contribution < 1.29 is 9.53 Å². The van der Waals surface area contributed by atoms with Gasteiger partial charge in [-0.1, -0.05) is 19.3 Å². The molecule has 136 valence electrons. The van der Waals surface area contributed by atoms with Crippen LogP contribution in [0.3, 0.4) is 0 Å². The molecule has 3 rings (SSSR count). The van der Waals surface area contributed by atoms with Crippen molar-refractivity contribution in [3.05, 3.63) is 0 Å². The molecule has 1 amide bonds. The number of hydrogen-bond donors (Lipinski definition) is 1. The largest absolute Gasteiger partial charge is 0.366 e. The Morgan fingerprint density at radius 1 is 1.04 bits per heavy atom. The van der Waals surface area contributed by atoms with E-state index in [1.165, 1.54) is 38.6 Å². The van der Waals surface area contributed by atoms with Gasteiger partial charge >= 0.3 is 0 Å². The first-order valence-electron chi connectivity index (χ1n) is 8.66. The highest BCUT2D eigenvalue weighted by molar-refractivity contribution is 5.85. The monoisotopic (exact) mass is 367 g/mol. The second kappa shape index (κ2) is 10.7. The van der Waals surface area contributed by atoms with Gasteiger partial charge in [-0.15, -0.1) is 24.8 Å². The van der Waals surface area contributed by atoms with Crippen molar-refractivity contribution in [2.24, 2.45) is 5.92 Å². The molecule has 1 atom stereocenters. The molecule has 2 aliphatic heterocycles. The zero-order valence-corrected chi connectivity index (χ0v) is 15.5. The standard InChI is InChI=1S/C16H29N3O2.2ClH/c20-16(15-12-17-6-11-21-15)19-9-7-18(8-10-19)13-14-4-2-1-3-5-14;;/h14-15,17H,1-13H2;2*1H. The van der Waals surface area contributed by atoms with E-state index in [4.69, 9.17) is 4.74 Å². The Kier molecular flexibility index (Phi) is 9.78.